The second kappa shape index (κ2) is 11.0. The van der Waals surface area contributed by atoms with E-state index in [1.807, 2.05) is 19.1 Å². The molecule has 3 amide bonds. The quantitative estimate of drug-likeness (QED) is 0.154. The van der Waals surface area contributed by atoms with Gasteiger partial charge in [-0.3, -0.25) is 4.79 Å². The van der Waals surface area contributed by atoms with E-state index in [9.17, 15) is 22.8 Å². The van der Waals surface area contributed by atoms with Crippen molar-refractivity contribution in [3.05, 3.63) is 64.7 Å². The lowest BCUT2D eigenvalue weighted by molar-refractivity contribution is -0.137. The summed E-state index contributed by atoms with van der Waals surface area (Å²) in [6, 6.07) is 8.97. The third-order valence-electron chi connectivity index (χ3n) is 6.22. The van der Waals surface area contributed by atoms with Crippen molar-refractivity contribution in [1.82, 2.24) is 4.90 Å². The zero-order valence-electron chi connectivity index (χ0n) is 21.3. The number of carbonyl (C=O) groups is 2. The van der Waals surface area contributed by atoms with Gasteiger partial charge in [0, 0.05) is 6.54 Å². The van der Waals surface area contributed by atoms with Crippen molar-refractivity contribution in [2.24, 2.45) is 5.16 Å². The van der Waals surface area contributed by atoms with Gasteiger partial charge in [-0.05, 0) is 81.7 Å². The van der Waals surface area contributed by atoms with E-state index in [1.54, 1.807) is 25.1 Å². The normalized spacial score (nSPS) is 15.9. The van der Waals surface area contributed by atoms with E-state index in [1.165, 1.54) is 24.8 Å². The van der Waals surface area contributed by atoms with Crippen LogP contribution in [0, 0.1) is 18.3 Å². The number of carbonyl (C=O) groups excluding carboxylic acids is 2. The molecular weight excluding hydrogens is 501 g/mol. The van der Waals surface area contributed by atoms with Crippen LogP contribution in [0.2, 0.25) is 0 Å². The summed E-state index contributed by atoms with van der Waals surface area (Å²) < 4.78 is 46.1. The molecule has 1 heterocycles. The van der Waals surface area contributed by atoms with Crippen molar-refractivity contribution in [2.45, 2.75) is 45.8 Å². The molecule has 3 rings (SSSR count). The first kappa shape index (κ1) is 28.2. The van der Waals surface area contributed by atoms with Crippen LogP contribution in [0.15, 0.2) is 47.6 Å². The molecule has 11 heteroatoms. The van der Waals surface area contributed by atoms with Crippen LogP contribution in [0.5, 0.6) is 5.75 Å². The average Bonchev–Trinajstić information content (AvgIpc) is 3.04. The maximum Gasteiger partial charge on any atom is 0.417 e. The molecule has 0 unspecified atom stereocenters. The lowest BCUT2D eigenvalue weighted by Gasteiger charge is -2.27. The zero-order chi connectivity index (χ0) is 28.3. The number of halogens is 3. The summed E-state index contributed by atoms with van der Waals surface area (Å²) in [7, 11) is 0. The molecule has 0 spiro atoms. The highest BCUT2D eigenvalue weighted by atomic mass is 19.4. The number of urea groups is 1. The Hall–Kier alpha value is -4.33. The van der Waals surface area contributed by atoms with Crippen molar-refractivity contribution in [2.75, 3.05) is 18.1 Å². The van der Waals surface area contributed by atoms with Gasteiger partial charge in [0.25, 0.3) is 5.91 Å². The summed E-state index contributed by atoms with van der Waals surface area (Å²) in [6.07, 6.45) is -1.03. The monoisotopic (exact) mass is 528 g/mol. The van der Waals surface area contributed by atoms with Crippen molar-refractivity contribution >= 4 is 29.4 Å². The number of ether oxygens (including phenoxy) is 1. The molecule has 2 aromatic rings. The smallest absolute Gasteiger partial charge is 0.417 e. The fourth-order valence-electron chi connectivity index (χ4n) is 3.99. The van der Waals surface area contributed by atoms with E-state index in [-0.39, 0.29) is 18.8 Å². The molecule has 1 aliphatic heterocycles. The predicted octanol–water partition coefficient (Wildman–Crippen LogP) is 5.77. The maximum atomic E-state index is 13.4. The van der Waals surface area contributed by atoms with Crippen LogP contribution in [0.4, 0.5) is 23.7 Å². The second-order valence-corrected chi connectivity index (χ2v) is 9.27. The molecule has 1 saturated heterocycles. The Morgan fingerprint density at radius 3 is 2.55 bits per heavy atom. The van der Waals surface area contributed by atoms with E-state index in [0.717, 1.165) is 23.3 Å². The lowest BCUT2D eigenvalue weighted by Crippen LogP contribution is -2.44. The molecule has 8 nitrogen and oxygen atoms in total. The summed E-state index contributed by atoms with van der Waals surface area (Å²) in [5, 5.41) is 20.9. The third-order valence-corrected chi connectivity index (χ3v) is 6.22. The Bertz CT molecular complexity index is 1340. The number of nitriles is 1. The van der Waals surface area contributed by atoms with Crippen LogP contribution in [0.1, 0.15) is 49.4 Å². The SMILES string of the molecule is CC(/C=C\c1cc(OCCCN2C(=O)N(c3ccc(C#N)c(C(F)(F)F)c3)C(=O)C2(C)C)ccc1C)=N\O. The molecule has 1 N–H and O–H groups in total. The molecule has 200 valence electrons. The van der Waals surface area contributed by atoms with E-state index in [0.29, 0.717) is 28.8 Å². The van der Waals surface area contributed by atoms with Crippen molar-refractivity contribution in [1.29, 1.82) is 5.26 Å². The Balaban J connectivity index is 1.71. The van der Waals surface area contributed by atoms with Crippen LogP contribution >= 0.6 is 0 Å². The Morgan fingerprint density at radius 1 is 1.21 bits per heavy atom. The number of hydrogen-bond acceptors (Lipinski definition) is 6. The van der Waals surface area contributed by atoms with E-state index in [4.69, 9.17) is 15.2 Å². The van der Waals surface area contributed by atoms with Crippen LogP contribution in [0.25, 0.3) is 6.08 Å². The fourth-order valence-corrected chi connectivity index (χ4v) is 3.99. The van der Waals surface area contributed by atoms with Gasteiger partial charge in [0.1, 0.15) is 11.3 Å². The number of imide groups is 1. The fraction of sp³-hybridized carbons (Fsp3) is 0.333. The molecule has 0 aliphatic carbocycles. The second-order valence-electron chi connectivity index (χ2n) is 9.27. The van der Waals surface area contributed by atoms with Gasteiger partial charge in [-0.1, -0.05) is 17.3 Å². The number of nitrogens with zero attached hydrogens (tertiary/aromatic N) is 4. The summed E-state index contributed by atoms with van der Waals surface area (Å²) in [4.78, 5) is 28.2. The van der Waals surface area contributed by atoms with Gasteiger partial charge in [-0.15, -0.1) is 0 Å². The van der Waals surface area contributed by atoms with Gasteiger partial charge in [0.05, 0.1) is 35.2 Å². The van der Waals surface area contributed by atoms with Gasteiger partial charge in [-0.25, -0.2) is 9.69 Å². The van der Waals surface area contributed by atoms with Gasteiger partial charge in [0.15, 0.2) is 0 Å². The number of anilines is 1. The average molecular weight is 529 g/mol. The van der Waals surface area contributed by atoms with Crippen LogP contribution in [0.3, 0.4) is 0 Å². The summed E-state index contributed by atoms with van der Waals surface area (Å²) in [5.41, 5.74) is -1.07. The predicted molar refractivity (Wildman–Crippen MR) is 135 cm³/mol. The van der Waals surface area contributed by atoms with Gasteiger partial charge in [-0.2, -0.15) is 18.4 Å². The van der Waals surface area contributed by atoms with E-state index >= 15 is 0 Å². The number of alkyl halides is 3. The number of amides is 3. The largest absolute Gasteiger partial charge is 0.494 e. The minimum absolute atomic E-state index is 0.126. The Morgan fingerprint density at radius 2 is 1.92 bits per heavy atom. The highest BCUT2D eigenvalue weighted by molar-refractivity contribution is 6.23. The standard InChI is InChI=1S/C27H27F3N4O4/c1-17-6-11-22(14-19(17)8-7-18(2)32-37)38-13-5-12-33-25(36)34(24(35)26(33,3)4)21-10-9-20(16-31)23(15-21)27(28,29)30/h6-11,14-15,37H,5,12-13H2,1-4H3/b8-7-,32-18+. The Kier molecular flexibility index (Phi) is 8.15. The number of oxime groups is 1. The van der Waals surface area contributed by atoms with Gasteiger partial charge >= 0.3 is 12.2 Å². The first-order valence-corrected chi connectivity index (χ1v) is 11.7. The molecule has 2 aromatic carbocycles. The zero-order valence-corrected chi connectivity index (χ0v) is 21.3. The van der Waals surface area contributed by atoms with Crippen LogP contribution in [-0.4, -0.2) is 46.4 Å². The highest BCUT2D eigenvalue weighted by Gasteiger charge is 2.52. The molecule has 0 atom stereocenters. The lowest BCUT2D eigenvalue weighted by atomic mass is 10.0. The molecule has 0 saturated carbocycles. The topological polar surface area (TPSA) is 106 Å². The minimum Gasteiger partial charge on any atom is -0.494 e. The number of rotatable bonds is 8. The highest BCUT2D eigenvalue weighted by Crippen LogP contribution is 2.37. The van der Waals surface area contributed by atoms with Crippen molar-refractivity contribution < 1.29 is 32.7 Å². The number of hydrogen-bond donors (Lipinski definition) is 1. The Labute approximate surface area is 218 Å². The third kappa shape index (κ3) is 5.80. The molecule has 1 fully saturated rings. The summed E-state index contributed by atoms with van der Waals surface area (Å²) in [5.74, 6) is -0.0891. The molecule has 0 radical (unpaired) electrons. The summed E-state index contributed by atoms with van der Waals surface area (Å²) >= 11 is 0. The van der Waals surface area contributed by atoms with E-state index in [2.05, 4.69) is 5.16 Å². The van der Waals surface area contributed by atoms with Crippen molar-refractivity contribution in [3.63, 3.8) is 0 Å². The van der Waals surface area contributed by atoms with E-state index < -0.39 is 34.8 Å². The minimum atomic E-state index is -4.82. The van der Waals surface area contributed by atoms with Crippen LogP contribution < -0.4 is 9.64 Å². The number of benzene rings is 2. The summed E-state index contributed by atoms with van der Waals surface area (Å²) in [6.45, 7) is 6.96. The molecule has 38 heavy (non-hydrogen) atoms. The number of aryl methyl sites for hydroxylation is 1. The van der Waals surface area contributed by atoms with Gasteiger partial charge < -0.3 is 14.8 Å². The van der Waals surface area contributed by atoms with Crippen LogP contribution in [-0.2, 0) is 11.0 Å². The maximum absolute atomic E-state index is 13.4. The van der Waals surface area contributed by atoms with Gasteiger partial charge in [0.2, 0.25) is 0 Å². The first-order chi connectivity index (χ1) is 17.8. The molecule has 0 bridgehead atoms. The van der Waals surface area contributed by atoms with Crippen molar-refractivity contribution in [3.8, 4) is 11.8 Å². The first-order valence-electron chi connectivity index (χ1n) is 11.7. The number of allylic oxidation sites excluding steroid dienone is 1. The molecular formula is C27H27F3N4O4. The molecule has 0 aromatic heterocycles. The molecule has 1 aliphatic rings.